The number of fused-ring (bicyclic) bond motifs is 1. The highest BCUT2D eigenvalue weighted by atomic mass is 19.2. The molecule has 2 N–H and O–H groups in total. The van der Waals surface area contributed by atoms with Gasteiger partial charge in [-0.1, -0.05) is 30.3 Å². The first kappa shape index (κ1) is 13.7. The number of halogens is 2. The second-order valence-corrected chi connectivity index (χ2v) is 4.96. The molecule has 0 bridgehead atoms. The molecule has 0 aliphatic heterocycles. The van der Waals surface area contributed by atoms with Crippen molar-refractivity contribution in [2.45, 2.75) is 20.0 Å². The van der Waals surface area contributed by atoms with Crippen LogP contribution >= 0.6 is 0 Å². The van der Waals surface area contributed by atoms with Crippen LogP contribution in [0.1, 0.15) is 17.0 Å². The topological polar surface area (TPSA) is 43.8 Å². The lowest BCUT2D eigenvalue weighted by Gasteiger charge is -2.09. The van der Waals surface area contributed by atoms with Crippen LogP contribution in [-0.2, 0) is 13.1 Å². The molecule has 0 atom stereocenters. The lowest BCUT2D eigenvalue weighted by molar-refractivity contribution is 0.511. The molecule has 21 heavy (non-hydrogen) atoms. The quantitative estimate of drug-likeness (QED) is 0.804. The fourth-order valence-electron chi connectivity index (χ4n) is 2.52. The Hall–Kier alpha value is -2.27. The largest absolute Gasteiger partial charge is 0.326 e. The zero-order chi connectivity index (χ0) is 15.0. The molecule has 108 valence electrons. The van der Waals surface area contributed by atoms with Crippen molar-refractivity contribution < 1.29 is 8.78 Å². The molecular formula is C16H15F2N3. The van der Waals surface area contributed by atoms with Crippen molar-refractivity contribution in [2.24, 2.45) is 5.73 Å². The van der Waals surface area contributed by atoms with E-state index in [0.717, 1.165) is 11.6 Å². The molecule has 0 amide bonds. The molecule has 5 heteroatoms. The maximum atomic E-state index is 14.2. The van der Waals surface area contributed by atoms with E-state index in [2.05, 4.69) is 4.98 Å². The van der Waals surface area contributed by atoms with Crippen LogP contribution in [0.2, 0.25) is 0 Å². The van der Waals surface area contributed by atoms with E-state index in [1.165, 1.54) is 0 Å². The fourth-order valence-corrected chi connectivity index (χ4v) is 2.52. The minimum absolute atomic E-state index is 0.121. The molecule has 0 unspecified atom stereocenters. The van der Waals surface area contributed by atoms with E-state index in [0.29, 0.717) is 23.4 Å². The minimum Gasteiger partial charge on any atom is -0.326 e. The van der Waals surface area contributed by atoms with E-state index in [-0.39, 0.29) is 12.1 Å². The molecule has 0 saturated carbocycles. The summed E-state index contributed by atoms with van der Waals surface area (Å²) in [7, 11) is 0. The molecule has 3 aromatic rings. The van der Waals surface area contributed by atoms with Crippen molar-refractivity contribution in [3.8, 4) is 0 Å². The monoisotopic (exact) mass is 287 g/mol. The van der Waals surface area contributed by atoms with Crippen molar-refractivity contribution >= 4 is 11.0 Å². The number of imidazole rings is 1. The molecule has 2 aromatic carbocycles. The van der Waals surface area contributed by atoms with E-state index < -0.39 is 11.6 Å². The number of benzene rings is 2. The Morgan fingerprint density at radius 3 is 2.57 bits per heavy atom. The Morgan fingerprint density at radius 2 is 1.90 bits per heavy atom. The Bertz CT molecular complexity index is 794. The second-order valence-electron chi connectivity index (χ2n) is 4.96. The first-order valence-electron chi connectivity index (χ1n) is 6.69. The number of hydrogen-bond acceptors (Lipinski definition) is 2. The van der Waals surface area contributed by atoms with Crippen molar-refractivity contribution in [3.05, 3.63) is 65.0 Å². The maximum absolute atomic E-state index is 14.2. The number of aryl methyl sites for hydroxylation is 1. The van der Waals surface area contributed by atoms with Crippen molar-refractivity contribution in [1.82, 2.24) is 9.55 Å². The molecule has 0 radical (unpaired) electrons. The van der Waals surface area contributed by atoms with E-state index in [9.17, 15) is 8.78 Å². The molecule has 3 rings (SSSR count). The number of nitrogens with zero attached hydrogens (tertiary/aromatic N) is 2. The van der Waals surface area contributed by atoms with E-state index in [1.54, 1.807) is 11.5 Å². The standard InChI is InChI=1S/C16H15F2N3/c1-10-20-15-12(8-19)7-13(17)14(18)16(15)21(10)9-11-5-3-2-4-6-11/h2-7H,8-9,19H2,1H3. The molecule has 0 fully saturated rings. The van der Waals surface area contributed by atoms with Gasteiger partial charge in [0.05, 0.1) is 5.52 Å². The van der Waals surface area contributed by atoms with Gasteiger partial charge in [0.1, 0.15) is 11.3 Å². The summed E-state index contributed by atoms with van der Waals surface area (Å²) >= 11 is 0. The lowest BCUT2D eigenvalue weighted by Crippen LogP contribution is -2.05. The predicted molar refractivity (Wildman–Crippen MR) is 77.8 cm³/mol. The van der Waals surface area contributed by atoms with Gasteiger partial charge in [0.15, 0.2) is 11.6 Å². The SMILES string of the molecule is Cc1nc2c(CN)cc(F)c(F)c2n1Cc1ccccc1. The molecule has 3 nitrogen and oxygen atoms in total. The first-order chi connectivity index (χ1) is 10.1. The summed E-state index contributed by atoms with van der Waals surface area (Å²) < 4.78 is 29.6. The number of hydrogen-bond donors (Lipinski definition) is 1. The Kier molecular flexibility index (Phi) is 3.43. The molecular weight excluding hydrogens is 272 g/mol. The average Bonchev–Trinajstić information content (AvgIpc) is 2.81. The fraction of sp³-hybridized carbons (Fsp3) is 0.188. The van der Waals surface area contributed by atoms with Gasteiger partial charge in [-0.05, 0) is 24.1 Å². The highest BCUT2D eigenvalue weighted by molar-refractivity contribution is 5.80. The summed E-state index contributed by atoms with van der Waals surface area (Å²) in [5.74, 6) is -1.14. The van der Waals surface area contributed by atoms with Gasteiger partial charge in [0.25, 0.3) is 0 Å². The minimum atomic E-state index is -0.892. The second kappa shape index (κ2) is 5.26. The molecule has 1 aromatic heterocycles. The molecule has 0 saturated heterocycles. The zero-order valence-corrected chi connectivity index (χ0v) is 11.6. The summed E-state index contributed by atoms with van der Waals surface area (Å²) in [6.07, 6.45) is 0. The van der Waals surface area contributed by atoms with Gasteiger partial charge in [-0.3, -0.25) is 0 Å². The predicted octanol–water partition coefficient (Wildman–Crippen LogP) is 3.13. The third-order valence-corrected chi connectivity index (χ3v) is 3.58. The summed E-state index contributed by atoms with van der Waals surface area (Å²) in [5, 5.41) is 0. The highest BCUT2D eigenvalue weighted by Crippen LogP contribution is 2.26. The normalized spacial score (nSPS) is 11.2. The van der Waals surface area contributed by atoms with Crippen LogP contribution in [0.25, 0.3) is 11.0 Å². The average molecular weight is 287 g/mol. The van der Waals surface area contributed by atoms with Crippen LogP contribution < -0.4 is 5.73 Å². The Labute approximate surface area is 121 Å². The van der Waals surface area contributed by atoms with Gasteiger partial charge in [-0.25, -0.2) is 13.8 Å². The van der Waals surface area contributed by atoms with Crippen LogP contribution in [0.5, 0.6) is 0 Å². The molecule has 0 aliphatic rings. The molecule has 0 aliphatic carbocycles. The number of rotatable bonds is 3. The van der Waals surface area contributed by atoms with Crippen molar-refractivity contribution in [3.63, 3.8) is 0 Å². The summed E-state index contributed by atoms with van der Waals surface area (Å²) in [5.41, 5.74) is 7.73. The van der Waals surface area contributed by atoms with Gasteiger partial charge in [-0.15, -0.1) is 0 Å². The van der Waals surface area contributed by atoms with E-state index >= 15 is 0 Å². The molecule has 1 heterocycles. The number of aromatic nitrogens is 2. The summed E-state index contributed by atoms with van der Waals surface area (Å²) in [6, 6.07) is 10.7. The first-order valence-corrected chi connectivity index (χ1v) is 6.69. The van der Waals surface area contributed by atoms with Crippen molar-refractivity contribution in [2.75, 3.05) is 0 Å². The number of nitrogens with two attached hydrogens (primary N) is 1. The van der Waals surface area contributed by atoms with Crippen molar-refractivity contribution in [1.29, 1.82) is 0 Å². The van der Waals surface area contributed by atoms with Crippen LogP contribution in [-0.4, -0.2) is 9.55 Å². The van der Waals surface area contributed by atoms with Crippen LogP contribution in [0.15, 0.2) is 36.4 Å². The van der Waals surface area contributed by atoms with Gasteiger partial charge < -0.3 is 10.3 Å². The zero-order valence-electron chi connectivity index (χ0n) is 11.6. The van der Waals surface area contributed by atoms with Crippen LogP contribution in [0, 0.1) is 18.6 Å². The third-order valence-electron chi connectivity index (χ3n) is 3.58. The van der Waals surface area contributed by atoms with E-state index in [4.69, 9.17) is 5.73 Å². The van der Waals surface area contributed by atoms with Gasteiger partial charge in [0, 0.05) is 13.1 Å². The van der Waals surface area contributed by atoms with Crippen LogP contribution in [0.3, 0.4) is 0 Å². The Morgan fingerprint density at radius 1 is 1.19 bits per heavy atom. The molecule has 0 spiro atoms. The smallest absolute Gasteiger partial charge is 0.184 e. The third kappa shape index (κ3) is 2.29. The lowest BCUT2D eigenvalue weighted by atomic mass is 10.1. The Balaban J connectivity index is 2.23. The van der Waals surface area contributed by atoms with Gasteiger partial charge in [-0.2, -0.15) is 0 Å². The van der Waals surface area contributed by atoms with Gasteiger partial charge in [0.2, 0.25) is 0 Å². The summed E-state index contributed by atoms with van der Waals surface area (Å²) in [6.45, 7) is 2.34. The van der Waals surface area contributed by atoms with Crippen LogP contribution in [0.4, 0.5) is 8.78 Å². The maximum Gasteiger partial charge on any atom is 0.184 e. The van der Waals surface area contributed by atoms with E-state index in [1.807, 2.05) is 30.3 Å². The van der Waals surface area contributed by atoms with Gasteiger partial charge >= 0.3 is 0 Å². The highest BCUT2D eigenvalue weighted by Gasteiger charge is 2.19. The summed E-state index contributed by atoms with van der Waals surface area (Å²) in [4.78, 5) is 4.36.